The lowest BCUT2D eigenvalue weighted by atomic mass is 10.2. The third-order valence-electron chi connectivity index (χ3n) is 3.80. The Hall–Kier alpha value is -2.93. The van der Waals surface area contributed by atoms with Crippen LogP contribution in [0.4, 0.5) is 4.79 Å². The Balaban J connectivity index is 1.39. The van der Waals surface area contributed by atoms with Gasteiger partial charge in [-0.15, -0.1) is 11.8 Å². The highest BCUT2D eigenvalue weighted by Gasteiger charge is 2.12. The number of fused-ring (bicyclic) bond motifs is 1. The quantitative estimate of drug-likeness (QED) is 0.317. The Morgan fingerprint density at radius 1 is 1.04 bits per heavy atom. The number of amides is 3. The first-order chi connectivity index (χ1) is 12.6. The van der Waals surface area contributed by atoms with Crippen molar-refractivity contribution in [1.29, 1.82) is 0 Å². The van der Waals surface area contributed by atoms with Crippen LogP contribution in [0.25, 0.3) is 10.9 Å². The molecule has 3 rings (SSSR count). The van der Waals surface area contributed by atoms with Crippen LogP contribution in [0.3, 0.4) is 0 Å². The molecule has 3 amide bonds. The third kappa shape index (κ3) is 4.58. The molecule has 0 saturated heterocycles. The standard InChI is InChI=1S/C19H20N4O2S/c1-13-6-8-14(9-7-13)26-11-10-20-19(25)23-22-18(24)16-12-21-17-5-3-2-4-15(16)17/h2-9,12,21H,10-11H2,1H3,(H,22,24)(H2,20,23,25). The number of benzene rings is 2. The molecular weight excluding hydrogens is 348 g/mol. The number of aromatic amines is 1. The van der Waals surface area contributed by atoms with Gasteiger partial charge in [-0.25, -0.2) is 10.2 Å². The molecule has 0 radical (unpaired) electrons. The lowest BCUT2D eigenvalue weighted by Crippen LogP contribution is -2.47. The Morgan fingerprint density at radius 2 is 1.81 bits per heavy atom. The van der Waals surface area contributed by atoms with E-state index in [1.165, 1.54) is 5.56 Å². The van der Waals surface area contributed by atoms with Crippen LogP contribution in [0, 0.1) is 6.92 Å². The van der Waals surface area contributed by atoms with Gasteiger partial charge in [0.15, 0.2) is 0 Å². The van der Waals surface area contributed by atoms with Gasteiger partial charge in [-0.3, -0.25) is 10.2 Å². The van der Waals surface area contributed by atoms with Crippen molar-refractivity contribution in [2.45, 2.75) is 11.8 Å². The van der Waals surface area contributed by atoms with E-state index in [-0.39, 0.29) is 5.91 Å². The molecule has 0 spiro atoms. The van der Waals surface area contributed by atoms with Crippen molar-refractivity contribution in [2.75, 3.05) is 12.3 Å². The van der Waals surface area contributed by atoms with Gasteiger partial charge in [-0.1, -0.05) is 35.9 Å². The number of hydrogen-bond donors (Lipinski definition) is 4. The summed E-state index contributed by atoms with van der Waals surface area (Å²) in [5.41, 5.74) is 7.36. The molecule has 26 heavy (non-hydrogen) atoms. The van der Waals surface area contributed by atoms with E-state index in [0.29, 0.717) is 12.1 Å². The molecule has 4 N–H and O–H groups in total. The van der Waals surface area contributed by atoms with Gasteiger partial charge in [0.2, 0.25) is 0 Å². The van der Waals surface area contributed by atoms with E-state index < -0.39 is 6.03 Å². The molecule has 2 aromatic carbocycles. The topological polar surface area (TPSA) is 86.0 Å². The van der Waals surface area contributed by atoms with Gasteiger partial charge in [-0.05, 0) is 25.1 Å². The largest absolute Gasteiger partial charge is 0.360 e. The fraction of sp³-hybridized carbons (Fsp3) is 0.158. The molecule has 6 nitrogen and oxygen atoms in total. The number of carbonyl (C=O) groups is 2. The average molecular weight is 368 g/mol. The summed E-state index contributed by atoms with van der Waals surface area (Å²) >= 11 is 1.66. The molecule has 0 atom stereocenters. The number of aryl methyl sites for hydroxylation is 1. The third-order valence-corrected chi connectivity index (χ3v) is 4.81. The Kier molecular flexibility index (Phi) is 5.80. The summed E-state index contributed by atoms with van der Waals surface area (Å²) in [6.07, 6.45) is 1.62. The first-order valence-corrected chi connectivity index (χ1v) is 9.22. The number of aromatic nitrogens is 1. The van der Waals surface area contributed by atoms with Gasteiger partial charge in [0.05, 0.1) is 5.56 Å². The number of thioether (sulfide) groups is 1. The van der Waals surface area contributed by atoms with Crippen LogP contribution < -0.4 is 16.2 Å². The SMILES string of the molecule is Cc1ccc(SCCNC(=O)NNC(=O)c2c[nH]c3ccccc23)cc1. The van der Waals surface area contributed by atoms with E-state index in [0.717, 1.165) is 21.6 Å². The zero-order chi connectivity index (χ0) is 18.4. The number of nitrogens with one attached hydrogen (secondary N) is 4. The van der Waals surface area contributed by atoms with Crippen LogP contribution >= 0.6 is 11.8 Å². The maximum Gasteiger partial charge on any atom is 0.333 e. The average Bonchev–Trinajstić information content (AvgIpc) is 3.09. The summed E-state index contributed by atoms with van der Waals surface area (Å²) in [6.45, 7) is 2.54. The summed E-state index contributed by atoms with van der Waals surface area (Å²) in [6, 6.07) is 15.3. The number of urea groups is 1. The predicted molar refractivity (Wildman–Crippen MR) is 104 cm³/mol. The zero-order valence-corrected chi connectivity index (χ0v) is 15.2. The minimum Gasteiger partial charge on any atom is -0.360 e. The highest BCUT2D eigenvalue weighted by molar-refractivity contribution is 7.99. The van der Waals surface area contributed by atoms with Gasteiger partial charge in [-0.2, -0.15) is 0 Å². The van der Waals surface area contributed by atoms with E-state index in [1.807, 2.05) is 31.2 Å². The molecule has 0 aliphatic rings. The molecule has 0 bridgehead atoms. The van der Waals surface area contributed by atoms with Gasteiger partial charge >= 0.3 is 6.03 Å². The Labute approximate surface area is 155 Å². The van der Waals surface area contributed by atoms with Crippen molar-refractivity contribution >= 4 is 34.6 Å². The van der Waals surface area contributed by atoms with E-state index in [9.17, 15) is 9.59 Å². The van der Waals surface area contributed by atoms with Crippen LogP contribution in [-0.4, -0.2) is 29.2 Å². The van der Waals surface area contributed by atoms with Gasteiger partial charge in [0, 0.05) is 34.3 Å². The smallest absolute Gasteiger partial charge is 0.333 e. The van der Waals surface area contributed by atoms with Crippen LogP contribution in [0.1, 0.15) is 15.9 Å². The molecule has 0 unspecified atom stereocenters. The maximum absolute atomic E-state index is 12.2. The second-order valence-electron chi connectivity index (χ2n) is 5.74. The van der Waals surface area contributed by atoms with Crippen molar-refractivity contribution in [1.82, 2.24) is 21.2 Å². The highest BCUT2D eigenvalue weighted by Crippen LogP contribution is 2.18. The molecular formula is C19H20N4O2S. The highest BCUT2D eigenvalue weighted by atomic mass is 32.2. The van der Waals surface area contributed by atoms with Crippen LogP contribution in [0.15, 0.2) is 59.6 Å². The molecule has 1 heterocycles. The molecule has 0 fully saturated rings. The second-order valence-corrected chi connectivity index (χ2v) is 6.91. The first-order valence-electron chi connectivity index (χ1n) is 8.23. The van der Waals surface area contributed by atoms with Gasteiger partial charge in [0.25, 0.3) is 5.91 Å². The van der Waals surface area contributed by atoms with Crippen LogP contribution in [-0.2, 0) is 0 Å². The molecule has 134 valence electrons. The minimum absolute atomic E-state index is 0.369. The molecule has 0 aliphatic heterocycles. The Bertz CT molecular complexity index is 905. The summed E-state index contributed by atoms with van der Waals surface area (Å²) in [5, 5.41) is 3.52. The van der Waals surface area contributed by atoms with Crippen molar-refractivity contribution < 1.29 is 9.59 Å². The lowest BCUT2D eigenvalue weighted by molar-refractivity contribution is 0.0938. The van der Waals surface area contributed by atoms with Crippen LogP contribution in [0.2, 0.25) is 0 Å². The predicted octanol–water partition coefficient (Wildman–Crippen LogP) is 3.21. The van der Waals surface area contributed by atoms with Crippen molar-refractivity contribution in [3.05, 3.63) is 65.9 Å². The summed E-state index contributed by atoms with van der Waals surface area (Å²) in [7, 11) is 0. The fourth-order valence-electron chi connectivity index (χ4n) is 2.45. The lowest BCUT2D eigenvalue weighted by Gasteiger charge is -2.08. The van der Waals surface area contributed by atoms with Crippen molar-refractivity contribution in [2.24, 2.45) is 0 Å². The number of rotatable bonds is 5. The Morgan fingerprint density at radius 3 is 2.62 bits per heavy atom. The zero-order valence-electron chi connectivity index (χ0n) is 14.3. The number of hydrogen-bond acceptors (Lipinski definition) is 3. The normalized spacial score (nSPS) is 10.5. The molecule has 1 aromatic heterocycles. The molecule has 3 aromatic rings. The number of hydrazine groups is 1. The van der Waals surface area contributed by atoms with Crippen molar-refractivity contribution in [3.8, 4) is 0 Å². The van der Waals surface area contributed by atoms with E-state index in [1.54, 1.807) is 18.0 Å². The minimum atomic E-state index is -0.442. The fourth-order valence-corrected chi connectivity index (χ4v) is 3.22. The van der Waals surface area contributed by atoms with E-state index in [4.69, 9.17) is 0 Å². The number of para-hydroxylation sites is 1. The van der Waals surface area contributed by atoms with Gasteiger partial charge < -0.3 is 10.3 Å². The summed E-state index contributed by atoms with van der Waals surface area (Å²) in [5.74, 6) is 0.374. The van der Waals surface area contributed by atoms with E-state index in [2.05, 4.69) is 45.4 Å². The molecule has 0 aliphatic carbocycles. The first kappa shape index (κ1) is 17.9. The van der Waals surface area contributed by atoms with Gasteiger partial charge in [0.1, 0.15) is 0 Å². The van der Waals surface area contributed by atoms with Crippen LogP contribution in [0.5, 0.6) is 0 Å². The molecule has 7 heteroatoms. The summed E-state index contributed by atoms with van der Waals surface area (Å²) in [4.78, 5) is 28.2. The monoisotopic (exact) mass is 368 g/mol. The van der Waals surface area contributed by atoms with Crippen molar-refractivity contribution in [3.63, 3.8) is 0 Å². The summed E-state index contributed by atoms with van der Waals surface area (Å²) < 4.78 is 0. The number of carbonyl (C=O) groups excluding carboxylic acids is 2. The van der Waals surface area contributed by atoms with E-state index >= 15 is 0 Å². The second kappa shape index (κ2) is 8.44. The molecule has 0 saturated carbocycles. The number of H-pyrrole nitrogens is 1. The maximum atomic E-state index is 12.2.